The first-order valence-electron chi connectivity index (χ1n) is 4.16. The van der Waals surface area contributed by atoms with Crippen molar-refractivity contribution < 1.29 is 19.4 Å². The van der Waals surface area contributed by atoms with E-state index in [9.17, 15) is 0 Å². The van der Waals surface area contributed by atoms with Gasteiger partial charge in [-0.2, -0.15) is 0 Å². The summed E-state index contributed by atoms with van der Waals surface area (Å²) in [6.07, 6.45) is 1.17. The first kappa shape index (κ1) is 9.86. The summed E-state index contributed by atoms with van der Waals surface area (Å²) in [7, 11) is 0. The molecule has 0 atom stereocenters. The summed E-state index contributed by atoms with van der Waals surface area (Å²) in [6, 6.07) is 10.7. The quantitative estimate of drug-likeness (QED) is 0.800. The zero-order chi connectivity index (χ0) is 9.03. The summed E-state index contributed by atoms with van der Waals surface area (Å²) in [5, 5.41) is 0. The minimum absolute atomic E-state index is 0.309. The molecule has 1 aromatic carbocycles. The predicted octanol–water partition coefficient (Wildman–Crippen LogP) is 2.70. The Labute approximate surface area is 85.4 Å². The fourth-order valence-electron chi connectivity index (χ4n) is 1.22. The number of hydrogen-bond donors (Lipinski definition) is 0. The Balaban J connectivity index is 2.89. The van der Waals surface area contributed by atoms with Crippen molar-refractivity contribution in [1.29, 1.82) is 0 Å². The Kier molecular flexibility index (Phi) is 3.40. The number of hydrogen-bond acceptors (Lipinski definition) is 0. The van der Waals surface area contributed by atoms with Crippen molar-refractivity contribution in [2.45, 2.75) is 25.7 Å². The van der Waals surface area contributed by atoms with Gasteiger partial charge >= 0.3 is 85.3 Å². The Morgan fingerprint density at radius 3 is 2.33 bits per heavy atom. The summed E-state index contributed by atoms with van der Waals surface area (Å²) in [5.74, 6) is 0. The van der Waals surface area contributed by atoms with Crippen LogP contribution in [0.2, 0.25) is 0 Å². The van der Waals surface area contributed by atoms with Crippen LogP contribution in [0.3, 0.4) is 0 Å². The molecule has 64 valence electrons. The molecular formula is C11H14W. The Hall–Kier alpha value is -0.222. The van der Waals surface area contributed by atoms with Crippen molar-refractivity contribution in [3.63, 3.8) is 0 Å². The van der Waals surface area contributed by atoms with E-state index in [1.807, 2.05) is 0 Å². The van der Waals surface area contributed by atoms with Gasteiger partial charge in [-0.15, -0.1) is 0 Å². The topological polar surface area (TPSA) is 0 Å². The normalized spacial score (nSPS) is 11.2. The van der Waals surface area contributed by atoms with E-state index in [0.717, 1.165) is 0 Å². The van der Waals surface area contributed by atoms with E-state index in [4.69, 9.17) is 0 Å². The first-order chi connectivity index (χ1) is 5.67. The Morgan fingerprint density at radius 1 is 1.25 bits per heavy atom. The second-order valence-electron chi connectivity index (χ2n) is 3.62. The summed E-state index contributed by atoms with van der Waals surface area (Å²) in [4.78, 5) is 0. The number of rotatable bonds is 3. The molecule has 0 fully saturated rings. The van der Waals surface area contributed by atoms with Crippen LogP contribution in [0.25, 0.3) is 0 Å². The molecule has 0 aliphatic rings. The summed E-state index contributed by atoms with van der Waals surface area (Å²) < 4.78 is 2.31. The third-order valence-electron chi connectivity index (χ3n) is 2.15. The van der Waals surface area contributed by atoms with Gasteiger partial charge in [-0.25, -0.2) is 0 Å². The molecule has 0 aliphatic heterocycles. The van der Waals surface area contributed by atoms with E-state index in [1.54, 1.807) is 19.4 Å². The molecule has 0 N–H and O–H groups in total. The van der Waals surface area contributed by atoms with Gasteiger partial charge in [0.25, 0.3) is 0 Å². The van der Waals surface area contributed by atoms with E-state index in [1.165, 1.54) is 12.0 Å². The monoisotopic (exact) mass is 330 g/mol. The van der Waals surface area contributed by atoms with Gasteiger partial charge in [-0.3, -0.25) is 0 Å². The summed E-state index contributed by atoms with van der Waals surface area (Å²) in [5.41, 5.74) is 1.74. The van der Waals surface area contributed by atoms with E-state index < -0.39 is 0 Å². The van der Waals surface area contributed by atoms with Crippen LogP contribution in [-0.4, -0.2) is 4.40 Å². The average Bonchev–Trinajstić information content (AvgIpc) is 2.06. The molecule has 1 aromatic rings. The van der Waals surface area contributed by atoms with Crippen LogP contribution in [0.15, 0.2) is 30.3 Å². The molecule has 0 bridgehead atoms. The molecule has 0 amide bonds. The van der Waals surface area contributed by atoms with E-state index >= 15 is 0 Å². The summed E-state index contributed by atoms with van der Waals surface area (Å²) >= 11 is 1.56. The van der Waals surface area contributed by atoms with Gasteiger partial charge in [-0.05, 0) is 0 Å². The van der Waals surface area contributed by atoms with Gasteiger partial charge in [0.1, 0.15) is 0 Å². The van der Waals surface area contributed by atoms with Gasteiger partial charge in [0.15, 0.2) is 0 Å². The fraction of sp³-hybridized carbons (Fsp3) is 0.364. The van der Waals surface area contributed by atoms with Crippen LogP contribution in [0.5, 0.6) is 0 Å². The molecule has 0 radical (unpaired) electrons. The van der Waals surface area contributed by atoms with Crippen LogP contribution in [0.4, 0.5) is 0 Å². The van der Waals surface area contributed by atoms with Gasteiger partial charge in [0.05, 0.1) is 0 Å². The maximum atomic E-state index is 2.31. The molecule has 1 heteroatoms. The molecule has 0 nitrogen and oxygen atoms in total. The van der Waals surface area contributed by atoms with E-state index in [-0.39, 0.29) is 0 Å². The van der Waals surface area contributed by atoms with Crippen LogP contribution in [0, 0.1) is 0 Å². The molecule has 0 saturated carbocycles. The van der Waals surface area contributed by atoms with Crippen LogP contribution in [0.1, 0.15) is 25.8 Å². The molecule has 0 aliphatic carbocycles. The molecule has 12 heavy (non-hydrogen) atoms. The van der Waals surface area contributed by atoms with Crippen molar-refractivity contribution >= 4 is 4.40 Å². The summed E-state index contributed by atoms with van der Waals surface area (Å²) in [6.45, 7) is 4.59. The molecule has 0 aromatic heterocycles. The molecule has 0 spiro atoms. The Bertz CT molecular complexity index is 249. The Morgan fingerprint density at radius 2 is 1.83 bits per heavy atom. The fourth-order valence-corrected chi connectivity index (χ4v) is 2.71. The van der Waals surface area contributed by atoms with Crippen LogP contribution >= 0.6 is 0 Å². The standard InChI is InChI=1S/C11H14.W/c1-4-11(2,3)10-8-6-5-7-9-10;/h1,5-9H,4H2,2-3H3;. The van der Waals surface area contributed by atoms with Gasteiger partial charge in [0, 0.05) is 0 Å². The predicted molar refractivity (Wildman–Crippen MR) is 50.1 cm³/mol. The van der Waals surface area contributed by atoms with Gasteiger partial charge in [-0.1, -0.05) is 0 Å². The zero-order valence-corrected chi connectivity index (χ0v) is 10.5. The SMILES string of the molecule is CC(C)(C[CH]=[W])c1ccccc1. The third-order valence-corrected chi connectivity index (χ3v) is 2.75. The van der Waals surface area contributed by atoms with E-state index in [0.29, 0.717) is 5.41 Å². The average molecular weight is 330 g/mol. The van der Waals surface area contributed by atoms with Crippen molar-refractivity contribution in [2.75, 3.05) is 0 Å². The molecule has 0 heterocycles. The van der Waals surface area contributed by atoms with Crippen molar-refractivity contribution in [3.05, 3.63) is 35.9 Å². The van der Waals surface area contributed by atoms with Crippen LogP contribution in [-0.2, 0) is 24.8 Å². The second-order valence-corrected chi connectivity index (χ2v) is 4.82. The maximum absolute atomic E-state index is 2.31. The van der Waals surface area contributed by atoms with Crippen molar-refractivity contribution in [2.24, 2.45) is 0 Å². The molecule has 0 saturated heterocycles. The second kappa shape index (κ2) is 4.14. The van der Waals surface area contributed by atoms with Crippen LogP contribution < -0.4 is 0 Å². The first-order valence-corrected chi connectivity index (χ1v) is 5.85. The number of benzene rings is 1. The molecule has 0 unspecified atom stereocenters. The third kappa shape index (κ3) is 2.38. The van der Waals surface area contributed by atoms with E-state index in [2.05, 4.69) is 48.6 Å². The molecular weight excluding hydrogens is 316 g/mol. The van der Waals surface area contributed by atoms with Crippen molar-refractivity contribution in [3.8, 4) is 0 Å². The zero-order valence-electron chi connectivity index (χ0n) is 7.58. The van der Waals surface area contributed by atoms with Gasteiger partial charge < -0.3 is 0 Å². The van der Waals surface area contributed by atoms with Gasteiger partial charge in [0.2, 0.25) is 0 Å². The van der Waals surface area contributed by atoms with Crippen molar-refractivity contribution in [1.82, 2.24) is 0 Å². The molecule has 1 rings (SSSR count). The minimum atomic E-state index is 0.309.